The summed E-state index contributed by atoms with van der Waals surface area (Å²) in [5.41, 5.74) is 2.40. The van der Waals surface area contributed by atoms with Gasteiger partial charge in [-0.3, -0.25) is 9.59 Å². The van der Waals surface area contributed by atoms with E-state index < -0.39 is 0 Å². The molecule has 2 amide bonds. The lowest BCUT2D eigenvalue weighted by molar-refractivity contribution is -0.111. The third-order valence-electron chi connectivity index (χ3n) is 4.65. The number of amides is 2. The molecule has 0 saturated carbocycles. The van der Waals surface area contributed by atoms with Gasteiger partial charge in [0.1, 0.15) is 11.1 Å². The maximum atomic E-state index is 12.5. The van der Waals surface area contributed by atoms with Crippen molar-refractivity contribution in [3.05, 3.63) is 58.0 Å². The van der Waals surface area contributed by atoms with E-state index >= 15 is 0 Å². The molecule has 2 heterocycles. The van der Waals surface area contributed by atoms with Crippen LogP contribution < -0.4 is 5.32 Å². The quantitative estimate of drug-likeness (QED) is 0.686. The number of thioether (sulfide) groups is 1. The second-order valence-electron chi connectivity index (χ2n) is 7.14. The number of thiophene rings is 1. The van der Waals surface area contributed by atoms with Crippen LogP contribution in [0.1, 0.15) is 21.6 Å². The lowest BCUT2D eigenvalue weighted by Crippen LogP contribution is -2.33. The van der Waals surface area contributed by atoms with Gasteiger partial charge in [-0.25, -0.2) is 0 Å². The van der Waals surface area contributed by atoms with Crippen LogP contribution in [0.4, 0.5) is 9.80 Å². The fraction of sp³-hybridized carbons (Fsp3) is 0.318. The third kappa shape index (κ3) is 5.72. The Bertz CT molecular complexity index is 977. The van der Waals surface area contributed by atoms with Crippen molar-refractivity contribution < 1.29 is 9.59 Å². The Kier molecular flexibility index (Phi) is 7.69. The molecule has 1 aliphatic rings. The van der Waals surface area contributed by atoms with E-state index in [0.29, 0.717) is 30.1 Å². The summed E-state index contributed by atoms with van der Waals surface area (Å²) >= 11 is 2.71. The summed E-state index contributed by atoms with van der Waals surface area (Å²) in [5, 5.41) is 13.1. The van der Waals surface area contributed by atoms with Gasteiger partial charge in [-0.2, -0.15) is 5.26 Å². The van der Waals surface area contributed by atoms with Gasteiger partial charge in [-0.05, 0) is 37.7 Å². The van der Waals surface area contributed by atoms with E-state index in [0.717, 1.165) is 28.3 Å². The number of anilines is 1. The number of carbonyl (C=O) groups is 2. The molecule has 1 aliphatic heterocycles. The molecule has 0 spiro atoms. The molecule has 1 N–H and O–H groups in total. The second-order valence-corrected chi connectivity index (χ2v) is 9.29. The summed E-state index contributed by atoms with van der Waals surface area (Å²) in [6.07, 6.45) is 3.83. The molecule has 30 heavy (non-hydrogen) atoms. The fourth-order valence-electron chi connectivity index (χ4n) is 3.06. The largest absolute Gasteiger partial charge is 0.328 e. The Labute approximate surface area is 185 Å². The smallest absolute Gasteiger partial charge is 0.282 e. The van der Waals surface area contributed by atoms with Gasteiger partial charge in [0.25, 0.3) is 5.24 Å². The molecule has 0 atom stereocenters. The Morgan fingerprint density at radius 3 is 2.80 bits per heavy atom. The molecule has 0 aliphatic carbocycles. The van der Waals surface area contributed by atoms with Crippen molar-refractivity contribution >= 4 is 45.3 Å². The number of fused-ring (bicyclic) bond motifs is 1. The van der Waals surface area contributed by atoms with Gasteiger partial charge >= 0.3 is 0 Å². The third-order valence-corrected chi connectivity index (χ3v) is 6.68. The maximum Gasteiger partial charge on any atom is 0.282 e. The molecule has 3 rings (SSSR count). The first-order valence-electron chi connectivity index (χ1n) is 9.63. The Morgan fingerprint density at radius 1 is 1.33 bits per heavy atom. The molecule has 2 aromatic rings. The number of carbonyl (C=O) groups excluding carboxylic acids is 2. The number of nitriles is 1. The van der Waals surface area contributed by atoms with Crippen molar-refractivity contribution in [2.45, 2.75) is 13.0 Å². The minimum absolute atomic E-state index is 0.0609. The molecule has 156 valence electrons. The van der Waals surface area contributed by atoms with E-state index in [2.05, 4.69) is 11.4 Å². The van der Waals surface area contributed by atoms with E-state index in [1.165, 1.54) is 29.2 Å². The lowest BCUT2D eigenvalue weighted by Gasteiger charge is -2.26. The van der Waals surface area contributed by atoms with E-state index in [-0.39, 0.29) is 11.1 Å². The predicted octanol–water partition coefficient (Wildman–Crippen LogP) is 4.04. The fourth-order valence-corrected chi connectivity index (χ4v) is 5.25. The molecule has 1 aromatic heterocycles. The summed E-state index contributed by atoms with van der Waals surface area (Å²) in [6.45, 7) is 1.92. The highest BCUT2D eigenvalue weighted by Crippen LogP contribution is 2.37. The zero-order chi connectivity index (χ0) is 21.5. The highest BCUT2D eigenvalue weighted by atomic mass is 32.2. The second kappa shape index (κ2) is 10.4. The van der Waals surface area contributed by atoms with Gasteiger partial charge in [-0.15, -0.1) is 11.3 Å². The molecule has 0 bridgehead atoms. The van der Waals surface area contributed by atoms with Crippen LogP contribution in [-0.2, 0) is 17.8 Å². The average Bonchev–Trinajstić information content (AvgIpc) is 3.08. The van der Waals surface area contributed by atoms with E-state index in [1.54, 1.807) is 6.08 Å². The first kappa shape index (κ1) is 22.1. The molecule has 1 aromatic carbocycles. The number of hydrogen-bond acceptors (Lipinski definition) is 6. The molecular formula is C22H24N4O2S2. The first-order valence-corrected chi connectivity index (χ1v) is 11.4. The lowest BCUT2D eigenvalue weighted by atomic mass is 10.0. The van der Waals surface area contributed by atoms with Crippen molar-refractivity contribution in [3.8, 4) is 6.07 Å². The van der Waals surface area contributed by atoms with Gasteiger partial charge in [0.05, 0.1) is 12.1 Å². The standard InChI is InChI=1S/C22H24N4O2S2/c1-25(2)12-13-29-22(28)26-11-10-17-18(14-23)21(30-19(17)15-26)24-20(27)9-8-16-6-4-3-5-7-16/h3-9H,10-13,15H2,1-2H3,(H,24,27). The van der Waals surface area contributed by atoms with Crippen LogP contribution in [0.15, 0.2) is 36.4 Å². The Hall–Kier alpha value is -2.60. The first-order chi connectivity index (χ1) is 14.5. The van der Waals surface area contributed by atoms with Gasteiger partial charge in [0.15, 0.2) is 0 Å². The minimum atomic E-state index is -0.277. The van der Waals surface area contributed by atoms with Crippen molar-refractivity contribution in [2.24, 2.45) is 0 Å². The minimum Gasteiger partial charge on any atom is -0.328 e. The number of rotatable bonds is 6. The number of hydrogen-bond donors (Lipinski definition) is 1. The monoisotopic (exact) mass is 440 g/mol. The summed E-state index contributed by atoms with van der Waals surface area (Å²) in [6, 6.07) is 11.8. The predicted molar refractivity (Wildman–Crippen MR) is 124 cm³/mol. The van der Waals surface area contributed by atoms with Gasteiger partial charge in [0.2, 0.25) is 5.91 Å². The molecular weight excluding hydrogens is 416 g/mol. The van der Waals surface area contributed by atoms with Crippen LogP contribution in [0.5, 0.6) is 0 Å². The number of nitrogens with one attached hydrogen (secondary N) is 1. The van der Waals surface area contributed by atoms with Crippen LogP contribution in [0, 0.1) is 11.3 Å². The van der Waals surface area contributed by atoms with Crippen molar-refractivity contribution in [2.75, 3.05) is 38.3 Å². The molecule has 0 fully saturated rings. The SMILES string of the molecule is CN(C)CCSC(=O)N1CCc2c(sc(NC(=O)C=Cc3ccccc3)c2C#N)C1. The summed E-state index contributed by atoms with van der Waals surface area (Å²) in [7, 11) is 3.97. The zero-order valence-electron chi connectivity index (χ0n) is 17.1. The summed E-state index contributed by atoms with van der Waals surface area (Å²) in [4.78, 5) is 29.7. The molecule has 0 radical (unpaired) electrons. The summed E-state index contributed by atoms with van der Waals surface area (Å²) in [5.74, 6) is 0.471. The van der Waals surface area contributed by atoms with E-state index in [1.807, 2.05) is 54.2 Å². The van der Waals surface area contributed by atoms with Crippen LogP contribution in [-0.4, -0.2) is 53.9 Å². The Balaban J connectivity index is 1.66. The molecule has 8 heteroatoms. The maximum absolute atomic E-state index is 12.5. The van der Waals surface area contributed by atoms with Crippen LogP contribution >= 0.6 is 23.1 Å². The van der Waals surface area contributed by atoms with Crippen molar-refractivity contribution in [1.29, 1.82) is 5.26 Å². The van der Waals surface area contributed by atoms with Crippen molar-refractivity contribution in [1.82, 2.24) is 9.80 Å². The molecule has 0 unspecified atom stereocenters. The van der Waals surface area contributed by atoms with E-state index in [9.17, 15) is 14.9 Å². The van der Waals surface area contributed by atoms with E-state index in [4.69, 9.17) is 0 Å². The number of benzene rings is 1. The normalized spacial score (nSPS) is 13.3. The molecule has 6 nitrogen and oxygen atoms in total. The average molecular weight is 441 g/mol. The van der Waals surface area contributed by atoms with Gasteiger partial charge < -0.3 is 15.1 Å². The highest BCUT2D eigenvalue weighted by molar-refractivity contribution is 8.13. The zero-order valence-corrected chi connectivity index (χ0v) is 18.7. The number of nitrogens with zero attached hydrogens (tertiary/aromatic N) is 3. The van der Waals surface area contributed by atoms with Crippen LogP contribution in [0.3, 0.4) is 0 Å². The van der Waals surface area contributed by atoms with Crippen LogP contribution in [0.2, 0.25) is 0 Å². The van der Waals surface area contributed by atoms with Gasteiger partial charge in [-0.1, -0.05) is 42.1 Å². The van der Waals surface area contributed by atoms with Crippen molar-refractivity contribution in [3.63, 3.8) is 0 Å². The van der Waals surface area contributed by atoms with Crippen LogP contribution in [0.25, 0.3) is 6.08 Å². The highest BCUT2D eigenvalue weighted by Gasteiger charge is 2.27. The van der Waals surface area contributed by atoms with Gasteiger partial charge in [0, 0.05) is 29.8 Å². The topological polar surface area (TPSA) is 76.4 Å². The Morgan fingerprint density at radius 2 is 2.10 bits per heavy atom. The molecule has 0 saturated heterocycles. The summed E-state index contributed by atoms with van der Waals surface area (Å²) < 4.78 is 0.